The van der Waals surface area contributed by atoms with E-state index < -0.39 is 6.04 Å². The lowest BCUT2D eigenvalue weighted by Gasteiger charge is -2.24. The van der Waals surface area contributed by atoms with Crippen LogP contribution in [0.2, 0.25) is 0 Å². The number of thiazole rings is 1. The van der Waals surface area contributed by atoms with Crippen LogP contribution in [0, 0.1) is 0 Å². The third-order valence-electron chi connectivity index (χ3n) is 6.64. The van der Waals surface area contributed by atoms with Gasteiger partial charge in [-0.2, -0.15) is 0 Å². The van der Waals surface area contributed by atoms with E-state index in [2.05, 4.69) is 4.99 Å². The number of benzene rings is 3. The van der Waals surface area contributed by atoms with Crippen molar-refractivity contribution in [2.24, 2.45) is 4.99 Å². The lowest BCUT2D eigenvalue weighted by molar-refractivity contribution is -0.114. The highest BCUT2D eigenvalue weighted by molar-refractivity contribution is 7.07. The Kier molecular flexibility index (Phi) is 7.98. The molecule has 1 aliphatic rings. The average Bonchev–Trinajstić information content (AvgIpc) is 3.26. The molecule has 1 atom stereocenters. The van der Waals surface area contributed by atoms with Crippen LogP contribution in [-0.4, -0.2) is 24.1 Å². The molecule has 8 heteroatoms. The van der Waals surface area contributed by atoms with Gasteiger partial charge in [-0.3, -0.25) is 14.2 Å². The van der Waals surface area contributed by atoms with Crippen LogP contribution < -0.4 is 29.1 Å². The molecule has 2 heterocycles. The molecular formula is C32H30N2O5S. The van der Waals surface area contributed by atoms with Crippen LogP contribution in [0.25, 0.3) is 6.08 Å². The molecule has 204 valence electrons. The molecule has 0 bridgehead atoms. The van der Waals surface area contributed by atoms with Gasteiger partial charge < -0.3 is 14.2 Å². The minimum atomic E-state index is -0.574. The number of allylic oxidation sites excluding steroid dienone is 2. The van der Waals surface area contributed by atoms with E-state index in [0.717, 1.165) is 16.7 Å². The number of aromatic nitrogens is 1. The van der Waals surface area contributed by atoms with Crippen LogP contribution in [-0.2, 0) is 11.4 Å². The minimum Gasteiger partial charge on any atom is -0.497 e. The number of methoxy groups -OCH3 is 1. The van der Waals surface area contributed by atoms with Crippen LogP contribution in [0.4, 0.5) is 0 Å². The Morgan fingerprint density at radius 1 is 1.02 bits per heavy atom. The summed E-state index contributed by atoms with van der Waals surface area (Å²) in [5, 5.41) is 0. The Bertz CT molecular complexity index is 1750. The van der Waals surface area contributed by atoms with Gasteiger partial charge in [0, 0.05) is 11.3 Å². The Balaban J connectivity index is 1.55. The number of hydrogen-bond donors (Lipinski definition) is 0. The first-order chi connectivity index (χ1) is 19.4. The van der Waals surface area contributed by atoms with E-state index in [4.69, 9.17) is 14.2 Å². The maximum absolute atomic E-state index is 13.8. The summed E-state index contributed by atoms with van der Waals surface area (Å²) in [6.07, 6.45) is 1.82. The highest BCUT2D eigenvalue weighted by atomic mass is 32.1. The number of hydrogen-bond acceptors (Lipinski definition) is 7. The number of ketones is 1. The van der Waals surface area contributed by atoms with Crippen LogP contribution >= 0.6 is 11.3 Å². The first-order valence-corrected chi connectivity index (χ1v) is 13.8. The summed E-state index contributed by atoms with van der Waals surface area (Å²) in [6, 6.07) is 22.4. The largest absolute Gasteiger partial charge is 0.497 e. The first-order valence-electron chi connectivity index (χ1n) is 13.0. The third kappa shape index (κ3) is 5.49. The van der Waals surface area contributed by atoms with Gasteiger partial charge in [0.2, 0.25) is 0 Å². The van der Waals surface area contributed by atoms with Gasteiger partial charge in [-0.15, -0.1) is 0 Å². The summed E-state index contributed by atoms with van der Waals surface area (Å²) in [7, 11) is 1.60. The zero-order valence-electron chi connectivity index (χ0n) is 22.8. The number of Topliss-reactive ketones (excluding diaryl/α,β-unsaturated/α-hetero) is 1. The maximum atomic E-state index is 13.8. The Morgan fingerprint density at radius 2 is 1.77 bits per heavy atom. The normalized spacial score (nSPS) is 14.9. The van der Waals surface area contributed by atoms with Crippen molar-refractivity contribution in [3.63, 3.8) is 0 Å². The zero-order valence-corrected chi connectivity index (χ0v) is 23.7. The third-order valence-corrected chi connectivity index (χ3v) is 7.62. The summed E-state index contributed by atoms with van der Waals surface area (Å²) in [6.45, 7) is 6.13. The second kappa shape index (κ2) is 11.8. The van der Waals surface area contributed by atoms with Crippen LogP contribution in [0.5, 0.6) is 17.2 Å². The molecule has 3 aromatic carbocycles. The van der Waals surface area contributed by atoms with E-state index in [1.807, 2.05) is 92.7 Å². The molecule has 1 aliphatic heterocycles. The fraction of sp³-hybridized carbons (Fsp3) is 0.219. The Labute approximate surface area is 236 Å². The average molecular weight is 555 g/mol. The number of fused-ring (bicyclic) bond motifs is 1. The molecule has 0 spiro atoms. The zero-order chi connectivity index (χ0) is 28.2. The number of ether oxygens (including phenoxy) is 3. The summed E-state index contributed by atoms with van der Waals surface area (Å²) < 4.78 is 19.3. The van der Waals surface area contributed by atoms with Crippen LogP contribution in [0.1, 0.15) is 43.5 Å². The van der Waals surface area contributed by atoms with Crippen molar-refractivity contribution in [3.05, 3.63) is 120 Å². The lowest BCUT2D eigenvalue weighted by atomic mass is 9.93. The quantitative estimate of drug-likeness (QED) is 0.297. The molecule has 0 fully saturated rings. The maximum Gasteiger partial charge on any atom is 0.271 e. The molecule has 5 rings (SSSR count). The monoisotopic (exact) mass is 554 g/mol. The number of nitrogens with zero attached hydrogens (tertiary/aromatic N) is 2. The Hall–Kier alpha value is -4.43. The molecule has 40 heavy (non-hydrogen) atoms. The molecule has 7 nitrogen and oxygen atoms in total. The summed E-state index contributed by atoms with van der Waals surface area (Å²) in [5.74, 6) is 1.81. The van der Waals surface area contributed by atoms with Gasteiger partial charge in [0.1, 0.15) is 12.4 Å². The first kappa shape index (κ1) is 27.1. The Morgan fingerprint density at radius 3 is 2.45 bits per heavy atom. The van der Waals surface area contributed by atoms with E-state index in [0.29, 0.717) is 51.1 Å². The van der Waals surface area contributed by atoms with Crippen molar-refractivity contribution in [1.29, 1.82) is 0 Å². The van der Waals surface area contributed by atoms with Crippen LogP contribution in [0.15, 0.2) is 93.9 Å². The predicted octanol–water partition coefficient (Wildman–Crippen LogP) is 4.81. The predicted molar refractivity (Wildman–Crippen MR) is 156 cm³/mol. The standard InChI is InChI=1S/C32H30N2O5S/c1-5-38-27-17-23(11-16-26(27)39-19-22-9-7-6-8-10-22)18-28-31(36)34-30(24-12-14-25(37-4)15-13-24)29(21(3)35)20(2)33-32(34)40-28/h6-18,30H,5,19H2,1-4H3/b28-18+/t30-/m1/s1. The molecule has 0 N–H and O–H groups in total. The number of carbonyl (C=O) groups excluding carboxylic acids is 1. The van der Waals surface area contributed by atoms with Crippen molar-refractivity contribution in [2.75, 3.05) is 13.7 Å². The molecule has 0 unspecified atom stereocenters. The minimum absolute atomic E-state index is 0.121. The summed E-state index contributed by atoms with van der Waals surface area (Å²) in [4.78, 5) is 31.7. The van der Waals surface area contributed by atoms with Crippen molar-refractivity contribution >= 4 is 23.2 Å². The highest BCUT2D eigenvalue weighted by Crippen LogP contribution is 2.32. The molecular weight excluding hydrogens is 524 g/mol. The van der Waals surface area contributed by atoms with Gasteiger partial charge in [0.15, 0.2) is 22.1 Å². The van der Waals surface area contributed by atoms with Crippen molar-refractivity contribution in [1.82, 2.24) is 4.57 Å². The van der Waals surface area contributed by atoms with E-state index in [-0.39, 0.29) is 11.3 Å². The summed E-state index contributed by atoms with van der Waals surface area (Å²) in [5.41, 5.74) is 3.57. The smallest absolute Gasteiger partial charge is 0.271 e. The van der Waals surface area contributed by atoms with E-state index in [9.17, 15) is 9.59 Å². The molecule has 0 amide bonds. The molecule has 0 aliphatic carbocycles. The number of rotatable bonds is 9. The van der Waals surface area contributed by atoms with Crippen LogP contribution in [0.3, 0.4) is 0 Å². The second-order valence-electron chi connectivity index (χ2n) is 9.32. The van der Waals surface area contributed by atoms with E-state index >= 15 is 0 Å². The fourth-order valence-electron chi connectivity index (χ4n) is 4.76. The van der Waals surface area contributed by atoms with Gasteiger partial charge in [-0.25, -0.2) is 4.99 Å². The molecule has 4 aromatic rings. The van der Waals surface area contributed by atoms with E-state index in [1.165, 1.54) is 18.3 Å². The van der Waals surface area contributed by atoms with Gasteiger partial charge in [0.25, 0.3) is 5.56 Å². The van der Waals surface area contributed by atoms with Crippen molar-refractivity contribution < 1.29 is 19.0 Å². The van der Waals surface area contributed by atoms with Gasteiger partial charge in [0.05, 0.1) is 24.3 Å². The summed E-state index contributed by atoms with van der Waals surface area (Å²) >= 11 is 1.30. The lowest BCUT2D eigenvalue weighted by Crippen LogP contribution is -2.39. The highest BCUT2D eigenvalue weighted by Gasteiger charge is 2.30. The number of carbonyl (C=O) groups is 1. The van der Waals surface area contributed by atoms with Crippen molar-refractivity contribution in [2.45, 2.75) is 33.4 Å². The second-order valence-corrected chi connectivity index (χ2v) is 10.3. The topological polar surface area (TPSA) is 79.1 Å². The van der Waals surface area contributed by atoms with Gasteiger partial charge in [-0.05, 0) is 67.8 Å². The van der Waals surface area contributed by atoms with Crippen molar-refractivity contribution in [3.8, 4) is 17.2 Å². The van der Waals surface area contributed by atoms with E-state index in [1.54, 1.807) is 11.7 Å². The molecule has 1 aromatic heterocycles. The van der Waals surface area contributed by atoms with Gasteiger partial charge in [-0.1, -0.05) is 59.9 Å². The van der Waals surface area contributed by atoms with Gasteiger partial charge >= 0.3 is 0 Å². The molecule has 0 saturated heterocycles. The molecule has 0 radical (unpaired) electrons. The fourth-order valence-corrected chi connectivity index (χ4v) is 5.81. The molecule has 0 saturated carbocycles. The SMILES string of the molecule is CCOc1cc(/C=c2/sc3n(c2=O)[C@H](c2ccc(OC)cc2)C(C(C)=O)=C(C)N=3)ccc1OCc1ccccc1.